The van der Waals surface area contributed by atoms with Crippen LogP contribution < -0.4 is 71.2 Å². The van der Waals surface area contributed by atoms with E-state index in [2.05, 4.69) is 42.5 Å². The van der Waals surface area contributed by atoms with Gasteiger partial charge in [-0.15, -0.1) is 0 Å². The Balaban J connectivity index is 1.58. The maximum absolute atomic E-state index is 14.9. The van der Waals surface area contributed by atoms with Crippen LogP contribution in [-0.4, -0.2) is 153 Å². The van der Waals surface area contributed by atoms with Gasteiger partial charge < -0.3 is 86.5 Å². The van der Waals surface area contributed by atoms with E-state index in [0.29, 0.717) is 33.7 Å². The van der Waals surface area contributed by atoms with Crippen molar-refractivity contribution in [3.63, 3.8) is 0 Å². The zero-order valence-electron chi connectivity index (χ0n) is 46.3. The van der Waals surface area contributed by atoms with Crippen molar-refractivity contribution in [1.29, 1.82) is 0 Å². The summed E-state index contributed by atoms with van der Waals surface area (Å²) in [5.74, 6) is -9.81. The maximum Gasteiger partial charge on any atom is 0.245 e. The number of amides is 10. The Labute approximate surface area is 502 Å². The van der Waals surface area contributed by atoms with Gasteiger partial charge in [-0.2, -0.15) is 0 Å². The Kier molecular flexibility index (Phi) is 26.7. The lowest BCUT2D eigenvalue weighted by molar-refractivity contribution is -0.136. The lowest BCUT2D eigenvalue weighted by Gasteiger charge is -2.29. The standard InChI is InChI=1S/C56H72ClN13O13S2/c1-29(71)47-56(83)69-45(54(81)65-41(48(62)75)23-32-9-17-36(72)18-10-32)28-85-84-27-44(68-50(77)38(59)22-30-5-13-34(57)14-6-30)55(82)67-43(25-33-11-19-37(73)20-12-33)53(80)66-42(52(79)64-40(51(78)70-47)4-2-3-21-58)24-31-7-15-35(16-8-31)63-49(76)39(60)26-46(61)74/h5-20,29,38-45,47,71-73H,2-4,21-28,58-60H2,1H3,(H2,61,74)(H2,62,75)(H,63,76)(H,64,79)(H,65,81)(H,66,80)(H,67,82)(H,68,77)(H,69,83)(H,70,78)/t29-,38+,39+,40+,41-,42-,43+,44-,45+,47+/m1/s1. The predicted molar refractivity (Wildman–Crippen MR) is 320 cm³/mol. The van der Waals surface area contributed by atoms with Gasteiger partial charge in [-0.1, -0.05) is 81.7 Å². The quantitative estimate of drug-likeness (QED) is 0.0307. The van der Waals surface area contributed by atoms with Crippen LogP contribution >= 0.6 is 33.2 Å². The fourth-order valence-corrected chi connectivity index (χ4v) is 11.0. The van der Waals surface area contributed by atoms with Crippen molar-refractivity contribution in [3.05, 3.63) is 124 Å². The number of aliphatic hydroxyl groups excluding tert-OH is 1. The number of benzene rings is 4. The van der Waals surface area contributed by atoms with E-state index in [1.54, 1.807) is 24.3 Å². The zero-order chi connectivity index (χ0) is 62.3. The molecule has 0 bridgehead atoms. The number of hydrogen-bond acceptors (Lipinski definition) is 18. The summed E-state index contributed by atoms with van der Waals surface area (Å²) in [4.78, 5) is 138. The molecule has 21 N–H and O–H groups in total. The van der Waals surface area contributed by atoms with Crippen molar-refractivity contribution in [2.45, 2.75) is 119 Å². The number of phenols is 2. The molecule has 0 aromatic heterocycles. The number of aliphatic hydroxyl groups is 1. The van der Waals surface area contributed by atoms with E-state index < -0.39 is 126 Å². The molecule has 1 aliphatic rings. The van der Waals surface area contributed by atoms with E-state index in [0.717, 1.165) is 21.6 Å². The van der Waals surface area contributed by atoms with Crippen molar-refractivity contribution in [1.82, 2.24) is 37.2 Å². The molecule has 29 heteroatoms. The van der Waals surface area contributed by atoms with Crippen LogP contribution in [0.1, 0.15) is 54.9 Å². The van der Waals surface area contributed by atoms with Gasteiger partial charge in [0.1, 0.15) is 53.8 Å². The highest BCUT2D eigenvalue weighted by Gasteiger charge is 2.37. The smallest absolute Gasteiger partial charge is 0.245 e. The molecule has 4 aromatic rings. The number of anilines is 1. The van der Waals surface area contributed by atoms with Gasteiger partial charge in [0, 0.05) is 41.5 Å². The van der Waals surface area contributed by atoms with Crippen LogP contribution in [0.3, 0.4) is 0 Å². The Morgan fingerprint density at radius 3 is 1.68 bits per heavy atom. The molecule has 0 saturated carbocycles. The normalized spacial score (nSPS) is 20.7. The number of phenolic OH excluding ortho intramolecular Hbond substituents is 2. The third-order valence-electron chi connectivity index (χ3n) is 13.3. The second kappa shape index (κ2) is 33.5. The van der Waals surface area contributed by atoms with Gasteiger partial charge in [0.25, 0.3) is 0 Å². The van der Waals surface area contributed by atoms with Crippen molar-refractivity contribution in [2.75, 3.05) is 23.4 Å². The number of carbonyl (C=O) groups is 10. The van der Waals surface area contributed by atoms with Crippen LogP contribution in [0.2, 0.25) is 5.02 Å². The Bertz CT molecular complexity index is 2970. The van der Waals surface area contributed by atoms with Crippen LogP contribution in [0.15, 0.2) is 97.1 Å². The van der Waals surface area contributed by atoms with E-state index in [1.165, 1.54) is 79.7 Å². The largest absolute Gasteiger partial charge is 0.508 e. The van der Waals surface area contributed by atoms with Gasteiger partial charge in [-0.25, -0.2) is 0 Å². The summed E-state index contributed by atoms with van der Waals surface area (Å²) in [6.45, 7) is 1.38. The first-order chi connectivity index (χ1) is 40.4. The minimum absolute atomic E-state index is 0.00830. The van der Waals surface area contributed by atoms with Gasteiger partial charge >= 0.3 is 0 Å². The number of unbranched alkanes of at least 4 members (excludes halogenated alkanes) is 1. The van der Waals surface area contributed by atoms with E-state index in [4.69, 9.17) is 40.3 Å². The van der Waals surface area contributed by atoms with Gasteiger partial charge in [-0.05, 0) is 110 Å². The zero-order valence-corrected chi connectivity index (χ0v) is 48.7. The molecule has 26 nitrogen and oxygen atoms in total. The Hall–Kier alpha value is -7.99. The van der Waals surface area contributed by atoms with Crippen molar-refractivity contribution >= 4 is 97.9 Å². The number of primary amides is 2. The average molecular weight is 1230 g/mol. The van der Waals surface area contributed by atoms with Gasteiger partial charge in [0.15, 0.2) is 0 Å². The number of rotatable bonds is 22. The number of nitrogens with one attached hydrogen (secondary N) is 8. The Morgan fingerprint density at radius 1 is 0.624 bits per heavy atom. The molecule has 10 atom stereocenters. The first-order valence-corrected chi connectivity index (χ1v) is 29.8. The van der Waals surface area contributed by atoms with Crippen LogP contribution in [0.4, 0.5) is 5.69 Å². The predicted octanol–water partition coefficient (Wildman–Crippen LogP) is -1.73. The molecule has 458 valence electrons. The summed E-state index contributed by atoms with van der Waals surface area (Å²) in [5.41, 5.74) is 31.1. The van der Waals surface area contributed by atoms with E-state index in [9.17, 15) is 63.3 Å². The number of nitrogens with two attached hydrogens (primary N) is 5. The summed E-state index contributed by atoms with van der Waals surface area (Å²) in [7, 11) is 1.87. The second-order valence-electron chi connectivity index (χ2n) is 20.2. The minimum Gasteiger partial charge on any atom is -0.508 e. The monoisotopic (exact) mass is 1230 g/mol. The third-order valence-corrected chi connectivity index (χ3v) is 15.9. The van der Waals surface area contributed by atoms with E-state index in [1.807, 2.05) is 0 Å². The molecule has 85 heavy (non-hydrogen) atoms. The summed E-state index contributed by atoms with van der Waals surface area (Å²) in [6.07, 6.45) is -2.21. The van der Waals surface area contributed by atoms with E-state index in [-0.39, 0.29) is 73.8 Å². The molecule has 0 spiro atoms. The first kappa shape index (κ1) is 67.8. The average Bonchev–Trinajstić information content (AvgIpc) is 3.67. The molecule has 5 rings (SSSR count). The summed E-state index contributed by atoms with van der Waals surface area (Å²) in [5, 5.41) is 52.3. The molecule has 1 fully saturated rings. The van der Waals surface area contributed by atoms with Gasteiger partial charge in [-0.3, -0.25) is 47.9 Å². The van der Waals surface area contributed by atoms with Crippen LogP contribution in [0, 0.1) is 0 Å². The molecular weight excluding hydrogens is 1160 g/mol. The topological polar surface area (TPSA) is 458 Å². The SMILES string of the molecule is C[C@@H](O)[C@@H]1NC(=O)[C@H](CCCCN)NC(=O)[C@@H](Cc2ccc(NC(=O)[C@@H](N)CC(N)=O)cc2)NC(=O)[C@H](Cc2ccc(O)cc2)NC(=O)[C@H](NC(=O)[C@@H](N)Cc2ccc(Cl)cc2)CSSC[C@@H](C(=O)N[C@H](Cc2ccc(O)cc2)C(N)=O)NC1=O. The summed E-state index contributed by atoms with van der Waals surface area (Å²) in [6, 6.07) is 10.7. The fraction of sp³-hybridized carbons (Fsp3) is 0.393. The Morgan fingerprint density at radius 2 is 1.13 bits per heavy atom. The minimum atomic E-state index is -1.79. The molecule has 0 aliphatic carbocycles. The van der Waals surface area contributed by atoms with Crippen LogP contribution in [0.5, 0.6) is 11.5 Å². The number of carbonyl (C=O) groups excluding carboxylic acids is 10. The molecule has 4 aromatic carbocycles. The van der Waals surface area contributed by atoms with Crippen molar-refractivity contribution in [3.8, 4) is 11.5 Å². The third kappa shape index (κ3) is 22.5. The number of halogens is 1. The summed E-state index contributed by atoms with van der Waals surface area (Å²) < 4.78 is 0. The number of aromatic hydroxyl groups is 2. The van der Waals surface area contributed by atoms with Gasteiger partial charge in [0.2, 0.25) is 59.1 Å². The highest BCUT2D eigenvalue weighted by molar-refractivity contribution is 8.76. The maximum atomic E-state index is 14.9. The fourth-order valence-electron chi connectivity index (χ4n) is 8.50. The molecule has 0 radical (unpaired) electrons. The van der Waals surface area contributed by atoms with Crippen LogP contribution in [-0.2, 0) is 73.6 Å². The number of hydrogen-bond donors (Lipinski definition) is 16. The highest BCUT2D eigenvalue weighted by atomic mass is 35.5. The lowest BCUT2D eigenvalue weighted by Crippen LogP contribution is -2.62. The molecule has 10 amide bonds. The molecular formula is C56H72ClN13O13S2. The highest BCUT2D eigenvalue weighted by Crippen LogP contribution is 2.25. The van der Waals surface area contributed by atoms with Crippen molar-refractivity contribution in [2.24, 2.45) is 28.7 Å². The molecule has 0 unspecified atom stereocenters. The van der Waals surface area contributed by atoms with E-state index >= 15 is 0 Å². The van der Waals surface area contributed by atoms with Gasteiger partial charge in [0.05, 0.1) is 24.6 Å². The molecule has 1 aliphatic heterocycles. The summed E-state index contributed by atoms with van der Waals surface area (Å²) >= 11 is 6.08. The molecule has 1 saturated heterocycles. The molecule has 1 heterocycles. The lowest BCUT2D eigenvalue weighted by atomic mass is 10.0. The van der Waals surface area contributed by atoms with Crippen LogP contribution in [0.25, 0.3) is 0 Å². The first-order valence-electron chi connectivity index (χ1n) is 26.9. The second-order valence-corrected chi connectivity index (χ2v) is 23.2. The van der Waals surface area contributed by atoms with Crippen molar-refractivity contribution < 1.29 is 63.3 Å².